The van der Waals surface area contributed by atoms with Crippen molar-refractivity contribution < 1.29 is 14.3 Å². The van der Waals surface area contributed by atoms with Crippen molar-refractivity contribution >= 4 is 28.3 Å². The van der Waals surface area contributed by atoms with E-state index >= 15 is 0 Å². The number of methoxy groups -OCH3 is 1. The summed E-state index contributed by atoms with van der Waals surface area (Å²) in [6.07, 6.45) is 0.865. The van der Waals surface area contributed by atoms with E-state index in [1.165, 1.54) is 11.3 Å². The van der Waals surface area contributed by atoms with Gasteiger partial charge >= 0.3 is 0 Å². The molecule has 2 aromatic rings. The molecule has 2 rings (SSSR count). The number of carbonyl (C=O) groups is 2. The number of carbonyl (C=O) groups excluding carboxylic acids is 2. The average molecular weight is 362 g/mol. The zero-order chi connectivity index (χ0) is 18.2. The Morgan fingerprint density at radius 1 is 1.20 bits per heavy atom. The first kappa shape index (κ1) is 18.9. The largest absolute Gasteiger partial charge is 0.497 e. The Labute approximate surface area is 151 Å². The van der Waals surface area contributed by atoms with Crippen LogP contribution in [-0.4, -0.2) is 56.0 Å². The molecule has 0 aliphatic heterocycles. The summed E-state index contributed by atoms with van der Waals surface area (Å²) in [5.74, 6) is 0.161. The fraction of sp³-hybridized carbons (Fsp3) is 0.353. The summed E-state index contributed by atoms with van der Waals surface area (Å²) in [7, 11) is 5.54. The first-order valence-corrected chi connectivity index (χ1v) is 8.71. The van der Waals surface area contributed by atoms with E-state index in [1.54, 1.807) is 36.8 Å². The predicted octanol–water partition coefficient (Wildman–Crippen LogP) is 2.09. The Morgan fingerprint density at radius 2 is 1.92 bits per heavy atom. The van der Waals surface area contributed by atoms with Gasteiger partial charge in [-0.05, 0) is 51.3 Å². The molecule has 0 saturated heterocycles. The fourth-order valence-electron chi connectivity index (χ4n) is 2.03. The van der Waals surface area contributed by atoms with Crippen molar-refractivity contribution in [1.29, 1.82) is 0 Å². The first-order valence-electron chi connectivity index (χ1n) is 7.83. The van der Waals surface area contributed by atoms with Gasteiger partial charge in [0.1, 0.15) is 11.4 Å². The molecule has 0 atom stereocenters. The van der Waals surface area contributed by atoms with Gasteiger partial charge in [0.2, 0.25) is 0 Å². The highest BCUT2D eigenvalue weighted by Gasteiger charge is 2.13. The number of nitrogens with one attached hydrogen (secondary N) is 2. The summed E-state index contributed by atoms with van der Waals surface area (Å²) < 4.78 is 5.06. The summed E-state index contributed by atoms with van der Waals surface area (Å²) in [6, 6.07) is 6.76. The van der Waals surface area contributed by atoms with Crippen molar-refractivity contribution in [2.45, 2.75) is 6.42 Å². The monoisotopic (exact) mass is 362 g/mol. The van der Waals surface area contributed by atoms with Gasteiger partial charge in [-0.3, -0.25) is 14.9 Å². The third-order valence-electron chi connectivity index (χ3n) is 3.38. The second kappa shape index (κ2) is 9.14. The number of anilines is 1. The molecule has 0 aliphatic rings. The van der Waals surface area contributed by atoms with Gasteiger partial charge in [-0.15, -0.1) is 11.3 Å². The van der Waals surface area contributed by atoms with Gasteiger partial charge in [0.25, 0.3) is 11.8 Å². The Hall–Kier alpha value is -2.45. The summed E-state index contributed by atoms with van der Waals surface area (Å²) in [5, 5.41) is 7.53. The highest BCUT2D eigenvalue weighted by Crippen LogP contribution is 2.17. The Bertz CT molecular complexity index is 713. The van der Waals surface area contributed by atoms with Crippen LogP contribution in [0, 0.1) is 0 Å². The zero-order valence-corrected chi connectivity index (χ0v) is 15.4. The lowest BCUT2D eigenvalue weighted by molar-refractivity contribution is 0.0946. The minimum atomic E-state index is -0.282. The molecule has 1 aromatic heterocycles. The van der Waals surface area contributed by atoms with Gasteiger partial charge in [-0.1, -0.05) is 0 Å². The summed E-state index contributed by atoms with van der Waals surface area (Å²) in [6.45, 7) is 1.49. The maximum absolute atomic E-state index is 12.2. The van der Waals surface area contributed by atoms with Gasteiger partial charge in [-0.25, -0.2) is 4.98 Å². The summed E-state index contributed by atoms with van der Waals surface area (Å²) >= 11 is 1.22. The highest BCUT2D eigenvalue weighted by molar-refractivity contribution is 7.14. The average Bonchev–Trinajstić information content (AvgIpc) is 3.07. The van der Waals surface area contributed by atoms with Gasteiger partial charge in [-0.2, -0.15) is 0 Å². The van der Waals surface area contributed by atoms with E-state index < -0.39 is 0 Å². The molecular formula is C17H22N4O3S. The smallest absolute Gasteiger partial charge is 0.270 e. The molecular weight excluding hydrogens is 340 g/mol. The molecule has 7 nitrogen and oxygen atoms in total. The maximum Gasteiger partial charge on any atom is 0.270 e. The second-order valence-corrected chi connectivity index (χ2v) is 6.49. The van der Waals surface area contributed by atoms with E-state index in [0.29, 0.717) is 28.7 Å². The maximum atomic E-state index is 12.2. The number of aromatic nitrogens is 1. The van der Waals surface area contributed by atoms with Gasteiger partial charge in [0.15, 0.2) is 5.13 Å². The Kier molecular flexibility index (Phi) is 6.91. The molecule has 1 aromatic carbocycles. The van der Waals surface area contributed by atoms with Crippen molar-refractivity contribution in [2.24, 2.45) is 0 Å². The van der Waals surface area contributed by atoms with Crippen LogP contribution in [-0.2, 0) is 0 Å². The van der Waals surface area contributed by atoms with E-state index in [-0.39, 0.29) is 11.8 Å². The molecule has 2 amide bonds. The molecule has 0 radical (unpaired) electrons. The number of rotatable bonds is 8. The van der Waals surface area contributed by atoms with Crippen LogP contribution in [0.2, 0.25) is 0 Å². The standard InChI is InChI=1S/C17H22N4O3S/c1-21(2)10-4-9-18-16(23)14-11-25-17(19-14)20-15(22)12-5-7-13(24-3)8-6-12/h5-8,11H,4,9-10H2,1-3H3,(H,18,23)(H,19,20,22). The molecule has 2 N–H and O–H groups in total. The number of hydrogen-bond donors (Lipinski definition) is 2. The molecule has 0 saturated carbocycles. The number of hydrogen-bond acceptors (Lipinski definition) is 6. The molecule has 0 spiro atoms. The van der Waals surface area contributed by atoms with Gasteiger partial charge in [0.05, 0.1) is 7.11 Å². The van der Waals surface area contributed by atoms with Crippen molar-refractivity contribution in [3.63, 3.8) is 0 Å². The minimum absolute atomic E-state index is 0.236. The normalized spacial score (nSPS) is 10.6. The topological polar surface area (TPSA) is 83.6 Å². The number of benzene rings is 1. The fourth-order valence-corrected chi connectivity index (χ4v) is 2.72. The van der Waals surface area contributed by atoms with Crippen LogP contribution in [0.5, 0.6) is 5.75 Å². The van der Waals surface area contributed by atoms with Gasteiger partial charge < -0.3 is 15.0 Å². The minimum Gasteiger partial charge on any atom is -0.497 e. The van der Waals surface area contributed by atoms with E-state index in [1.807, 2.05) is 14.1 Å². The molecule has 0 fully saturated rings. The van der Waals surface area contributed by atoms with Gasteiger partial charge in [0, 0.05) is 17.5 Å². The first-order chi connectivity index (χ1) is 12.0. The Balaban J connectivity index is 1.87. The number of amides is 2. The third-order valence-corrected chi connectivity index (χ3v) is 4.13. The molecule has 25 heavy (non-hydrogen) atoms. The van der Waals surface area contributed by atoms with E-state index in [2.05, 4.69) is 20.5 Å². The zero-order valence-electron chi connectivity index (χ0n) is 14.5. The summed E-state index contributed by atoms with van der Waals surface area (Å²) in [5.41, 5.74) is 0.797. The SMILES string of the molecule is COc1ccc(C(=O)Nc2nc(C(=O)NCCCN(C)C)cs2)cc1. The highest BCUT2D eigenvalue weighted by atomic mass is 32.1. The Morgan fingerprint density at radius 3 is 2.56 bits per heavy atom. The third kappa shape index (κ3) is 5.84. The lowest BCUT2D eigenvalue weighted by atomic mass is 10.2. The predicted molar refractivity (Wildman–Crippen MR) is 98.6 cm³/mol. The van der Waals surface area contributed by atoms with E-state index in [9.17, 15) is 9.59 Å². The molecule has 0 bridgehead atoms. The lowest BCUT2D eigenvalue weighted by Crippen LogP contribution is -2.27. The van der Waals surface area contributed by atoms with E-state index in [4.69, 9.17) is 4.74 Å². The van der Waals surface area contributed by atoms with Crippen molar-refractivity contribution in [3.8, 4) is 5.75 Å². The molecule has 8 heteroatoms. The second-order valence-electron chi connectivity index (χ2n) is 5.63. The lowest BCUT2D eigenvalue weighted by Gasteiger charge is -2.09. The van der Waals surface area contributed by atoms with Crippen LogP contribution in [0.3, 0.4) is 0 Å². The molecule has 1 heterocycles. The van der Waals surface area contributed by atoms with Crippen LogP contribution >= 0.6 is 11.3 Å². The molecule has 134 valence electrons. The van der Waals surface area contributed by atoms with Crippen molar-refractivity contribution in [2.75, 3.05) is 39.6 Å². The van der Waals surface area contributed by atoms with Crippen molar-refractivity contribution in [3.05, 3.63) is 40.9 Å². The molecule has 0 aliphatic carbocycles. The number of ether oxygens (including phenoxy) is 1. The number of thiazole rings is 1. The molecule has 0 unspecified atom stereocenters. The van der Waals surface area contributed by atoms with E-state index in [0.717, 1.165) is 13.0 Å². The quantitative estimate of drug-likeness (QED) is 0.703. The van der Waals surface area contributed by atoms with Crippen LogP contribution < -0.4 is 15.4 Å². The van der Waals surface area contributed by atoms with Crippen LogP contribution in [0.4, 0.5) is 5.13 Å². The van der Waals surface area contributed by atoms with Crippen LogP contribution in [0.1, 0.15) is 27.3 Å². The summed E-state index contributed by atoms with van der Waals surface area (Å²) in [4.78, 5) is 30.4. The van der Waals surface area contributed by atoms with Crippen molar-refractivity contribution in [1.82, 2.24) is 15.2 Å². The number of nitrogens with zero attached hydrogens (tertiary/aromatic N) is 2. The van der Waals surface area contributed by atoms with Crippen LogP contribution in [0.25, 0.3) is 0 Å². The van der Waals surface area contributed by atoms with Crippen LogP contribution in [0.15, 0.2) is 29.6 Å².